The van der Waals surface area contributed by atoms with E-state index in [0.717, 1.165) is 20.3 Å². The van der Waals surface area contributed by atoms with Crippen LogP contribution in [-0.2, 0) is 15.7 Å². The van der Waals surface area contributed by atoms with E-state index in [9.17, 15) is 27.6 Å². The lowest BCUT2D eigenvalue weighted by Crippen LogP contribution is -2.20. The standard InChI is InChI=1S/C12H9F3O5/c1-19-10(17)7-3-6(5-16)4-8(12(13,14)15)9(7)11(18)20-2/h3-5H,1-2H3. The van der Waals surface area contributed by atoms with Crippen molar-refractivity contribution in [3.63, 3.8) is 0 Å². The lowest BCUT2D eigenvalue weighted by Gasteiger charge is -2.15. The topological polar surface area (TPSA) is 69.7 Å². The summed E-state index contributed by atoms with van der Waals surface area (Å²) >= 11 is 0. The zero-order valence-electron chi connectivity index (χ0n) is 10.4. The van der Waals surface area contributed by atoms with Crippen LogP contribution in [0, 0.1) is 0 Å². The summed E-state index contributed by atoms with van der Waals surface area (Å²) in [4.78, 5) is 33.7. The second-order valence-corrected chi connectivity index (χ2v) is 3.59. The van der Waals surface area contributed by atoms with Crippen LogP contribution >= 0.6 is 0 Å². The van der Waals surface area contributed by atoms with Gasteiger partial charge >= 0.3 is 18.1 Å². The third-order valence-corrected chi connectivity index (χ3v) is 2.40. The maximum absolute atomic E-state index is 12.9. The zero-order valence-corrected chi connectivity index (χ0v) is 10.4. The SMILES string of the molecule is COC(=O)c1cc(C=O)cc(C(F)(F)F)c1C(=O)OC. The van der Waals surface area contributed by atoms with E-state index in [1.807, 2.05) is 0 Å². The molecule has 0 N–H and O–H groups in total. The number of benzene rings is 1. The van der Waals surface area contributed by atoms with E-state index in [4.69, 9.17) is 0 Å². The van der Waals surface area contributed by atoms with Crippen molar-refractivity contribution in [1.82, 2.24) is 0 Å². The van der Waals surface area contributed by atoms with Crippen LogP contribution in [0.2, 0.25) is 0 Å². The minimum Gasteiger partial charge on any atom is -0.465 e. The molecule has 0 saturated carbocycles. The van der Waals surface area contributed by atoms with E-state index in [2.05, 4.69) is 9.47 Å². The van der Waals surface area contributed by atoms with Gasteiger partial charge in [-0.2, -0.15) is 13.2 Å². The smallest absolute Gasteiger partial charge is 0.417 e. The molecule has 1 aromatic carbocycles. The molecule has 0 aliphatic carbocycles. The molecule has 0 unspecified atom stereocenters. The molecule has 0 heterocycles. The number of aldehydes is 1. The number of rotatable bonds is 3. The summed E-state index contributed by atoms with van der Waals surface area (Å²) in [6.45, 7) is 0. The first kappa shape index (κ1) is 15.7. The highest BCUT2D eigenvalue weighted by Crippen LogP contribution is 2.34. The fourth-order valence-corrected chi connectivity index (χ4v) is 1.55. The van der Waals surface area contributed by atoms with Gasteiger partial charge < -0.3 is 9.47 Å². The molecule has 1 aromatic rings. The van der Waals surface area contributed by atoms with Gasteiger partial charge in [-0.3, -0.25) is 4.79 Å². The summed E-state index contributed by atoms with van der Waals surface area (Å²) in [6.07, 6.45) is -4.81. The minimum atomic E-state index is -4.94. The summed E-state index contributed by atoms with van der Waals surface area (Å²) in [6, 6.07) is 1.30. The van der Waals surface area contributed by atoms with Crippen LogP contribution in [0.4, 0.5) is 13.2 Å². The second kappa shape index (κ2) is 5.72. The molecule has 0 aliphatic heterocycles. The molecule has 0 aliphatic rings. The molecule has 0 spiro atoms. The minimum absolute atomic E-state index is 0.128. The van der Waals surface area contributed by atoms with E-state index in [1.54, 1.807) is 0 Å². The second-order valence-electron chi connectivity index (χ2n) is 3.59. The summed E-state index contributed by atoms with van der Waals surface area (Å²) in [7, 11) is 1.81. The number of alkyl halides is 3. The van der Waals surface area contributed by atoms with Crippen molar-refractivity contribution in [2.75, 3.05) is 14.2 Å². The van der Waals surface area contributed by atoms with Gasteiger partial charge in [0.15, 0.2) is 0 Å². The number of ether oxygens (including phenoxy) is 2. The molecule has 20 heavy (non-hydrogen) atoms. The number of carbonyl (C=O) groups excluding carboxylic acids is 3. The average molecular weight is 290 g/mol. The van der Waals surface area contributed by atoms with E-state index in [-0.39, 0.29) is 6.29 Å². The number of halogens is 3. The van der Waals surface area contributed by atoms with Crippen LogP contribution in [0.5, 0.6) is 0 Å². The van der Waals surface area contributed by atoms with E-state index in [1.165, 1.54) is 0 Å². The van der Waals surface area contributed by atoms with Gasteiger partial charge in [0.1, 0.15) is 6.29 Å². The Bertz CT molecular complexity index is 563. The Morgan fingerprint density at radius 2 is 1.65 bits per heavy atom. The van der Waals surface area contributed by atoms with Gasteiger partial charge in [0.05, 0.1) is 30.9 Å². The summed E-state index contributed by atoms with van der Waals surface area (Å²) in [5, 5.41) is 0. The van der Waals surface area contributed by atoms with Gasteiger partial charge in [-0.1, -0.05) is 0 Å². The number of esters is 2. The average Bonchev–Trinajstić information content (AvgIpc) is 2.43. The third-order valence-electron chi connectivity index (χ3n) is 2.40. The van der Waals surface area contributed by atoms with E-state index >= 15 is 0 Å². The number of hydrogen-bond donors (Lipinski definition) is 0. The van der Waals surface area contributed by atoms with Crippen molar-refractivity contribution < 1.29 is 37.0 Å². The van der Waals surface area contributed by atoms with Crippen LogP contribution in [-0.4, -0.2) is 32.4 Å². The summed E-state index contributed by atoms with van der Waals surface area (Å²) in [5.41, 5.74) is -3.52. The largest absolute Gasteiger partial charge is 0.465 e. The number of carbonyl (C=O) groups is 3. The monoisotopic (exact) mass is 290 g/mol. The van der Waals surface area contributed by atoms with Gasteiger partial charge in [0, 0.05) is 5.56 Å². The maximum Gasteiger partial charge on any atom is 0.417 e. The van der Waals surface area contributed by atoms with Crippen molar-refractivity contribution in [3.8, 4) is 0 Å². The Balaban J connectivity index is 3.76. The van der Waals surface area contributed by atoms with Crippen LogP contribution in [0.15, 0.2) is 12.1 Å². The fraction of sp³-hybridized carbons (Fsp3) is 0.250. The first-order valence-corrected chi connectivity index (χ1v) is 5.13. The van der Waals surface area contributed by atoms with Crippen molar-refractivity contribution in [2.45, 2.75) is 6.18 Å². The highest BCUT2D eigenvalue weighted by molar-refractivity contribution is 6.05. The Hall–Kier alpha value is -2.38. The third kappa shape index (κ3) is 2.95. The zero-order chi connectivity index (χ0) is 15.5. The van der Waals surface area contributed by atoms with Crippen molar-refractivity contribution in [3.05, 3.63) is 34.4 Å². The molecule has 8 heteroatoms. The Kier molecular flexibility index (Phi) is 4.49. The molecule has 5 nitrogen and oxygen atoms in total. The Morgan fingerprint density at radius 3 is 2.05 bits per heavy atom. The molecular formula is C12H9F3O5. The summed E-state index contributed by atoms with van der Waals surface area (Å²) < 4.78 is 47.4. The lowest BCUT2D eigenvalue weighted by molar-refractivity contribution is -0.138. The molecule has 108 valence electrons. The predicted molar refractivity (Wildman–Crippen MR) is 59.5 cm³/mol. The van der Waals surface area contributed by atoms with Gasteiger partial charge in [0.2, 0.25) is 0 Å². The predicted octanol–water partition coefficient (Wildman–Crippen LogP) is 2.09. The molecule has 0 aromatic heterocycles. The van der Waals surface area contributed by atoms with Gasteiger partial charge in [-0.25, -0.2) is 9.59 Å². The number of hydrogen-bond acceptors (Lipinski definition) is 5. The molecule has 0 fully saturated rings. The van der Waals surface area contributed by atoms with Crippen LogP contribution in [0.1, 0.15) is 36.6 Å². The number of methoxy groups -OCH3 is 2. The van der Waals surface area contributed by atoms with Gasteiger partial charge in [-0.15, -0.1) is 0 Å². The molecule has 0 amide bonds. The van der Waals surface area contributed by atoms with Crippen molar-refractivity contribution >= 4 is 18.2 Å². The van der Waals surface area contributed by atoms with Crippen molar-refractivity contribution in [1.29, 1.82) is 0 Å². The van der Waals surface area contributed by atoms with E-state index in [0.29, 0.717) is 6.07 Å². The maximum atomic E-state index is 12.9. The molecule has 0 saturated heterocycles. The molecule has 1 rings (SSSR count). The highest BCUT2D eigenvalue weighted by atomic mass is 19.4. The first-order valence-electron chi connectivity index (χ1n) is 5.13. The Morgan fingerprint density at radius 1 is 1.10 bits per heavy atom. The molecule has 0 radical (unpaired) electrons. The van der Waals surface area contributed by atoms with E-state index < -0.39 is 40.4 Å². The summed E-state index contributed by atoms with van der Waals surface area (Å²) in [5.74, 6) is -2.53. The molecule has 0 atom stereocenters. The van der Waals surface area contributed by atoms with Gasteiger partial charge in [0.25, 0.3) is 0 Å². The normalized spacial score (nSPS) is 10.8. The van der Waals surface area contributed by atoms with Crippen molar-refractivity contribution in [2.24, 2.45) is 0 Å². The molecular weight excluding hydrogens is 281 g/mol. The highest BCUT2D eigenvalue weighted by Gasteiger charge is 2.39. The van der Waals surface area contributed by atoms with Crippen LogP contribution in [0.3, 0.4) is 0 Å². The Labute approximate surface area is 111 Å². The fourth-order valence-electron chi connectivity index (χ4n) is 1.55. The van der Waals surface area contributed by atoms with Crippen LogP contribution in [0.25, 0.3) is 0 Å². The lowest BCUT2D eigenvalue weighted by atomic mass is 9.97. The van der Waals surface area contributed by atoms with Crippen LogP contribution < -0.4 is 0 Å². The van der Waals surface area contributed by atoms with Gasteiger partial charge in [-0.05, 0) is 12.1 Å². The molecule has 0 bridgehead atoms. The quantitative estimate of drug-likeness (QED) is 0.629. The first-order chi connectivity index (χ1) is 9.26.